The standard InChI is InChI=1S/C10H9NO2/c11-6-10(12)8-13-7-9-4-2-1-3-5-9/h1-5H,7-8H2. The van der Waals surface area contributed by atoms with Gasteiger partial charge in [0.15, 0.2) is 0 Å². The van der Waals surface area contributed by atoms with E-state index in [1.165, 1.54) is 6.07 Å². The van der Waals surface area contributed by atoms with Crippen LogP contribution >= 0.6 is 0 Å². The molecule has 0 radical (unpaired) electrons. The second-order valence-electron chi connectivity index (χ2n) is 2.51. The first kappa shape index (κ1) is 9.43. The molecule has 0 saturated heterocycles. The number of Topliss-reactive ketones (excluding diaryl/α,β-unsaturated/α-hetero) is 1. The molecule has 0 fully saturated rings. The molecule has 3 heteroatoms. The summed E-state index contributed by atoms with van der Waals surface area (Å²) in [5, 5.41) is 8.15. The van der Waals surface area contributed by atoms with Crippen LogP contribution in [0.15, 0.2) is 30.3 Å². The Balaban J connectivity index is 2.29. The van der Waals surface area contributed by atoms with E-state index in [1.807, 2.05) is 30.3 Å². The zero-order valence-electron chi connectivity index (χ0n) is 7.06. The van der Waals surface area contributed by atoms with Crippen molar-refractivity contribution in [1.82, 2.24) is 0 Å². The Kier molecular flexibility index (Phi) is 3.68. The lowest BCUT2D eigenvalue weighted by atomic mass is 10.2. The Labute approximate surface area is 76.6 Å². The SMILES string of the molecule is N#CC(=O)COCc1ccccc1. The van der Waals surface area contributed by atoms with E-state index in [4.69, 9.17) is 10.00 Å². The highest BCUT2D eigenvalue weighted by atomic mass is 16.5. The zero-order chi connectivity index (χ0) is 9.52. The zero-order valence-corrected chi connectivity index (χ0v) is 7.06. The maximum absolute atomic E-state index is 10.5. The van der Waals surface area contributed by atoms with E-state index in [1.54, 1.807) is 0 Å². The monoisotopic (exact) mass is 175 g/mol. The minimum atomic E-state index is -0.545. The van der Waals surface area contributed by atoms with Crippen molar-refractivity contribution >= 4 is 5.78 Å². The number of carbonyl (C=O) groups is 1. The van der Waals surface area contributed by atoms with Crippen LogP contribution in [0, 0.1) is 11.3 Å². The summed E-state index contributed by atoms with van der Waals surface area (Å²) in [7, 11) is 0. The summed E-state index contributed by atoms with van der Waals surface area (Å²) in [6.45, 7) is 0.236. The van der Waals surface area contributed by atoms with Crippen LogP contribution in [0.25, 0.3) is 0 Å². The largest absolute Gasteiger partial charge is 0.368 e. The topological polar surface area (TPSA) is 50.1 Å². The third-order valence-corrected chi connectivity index (χ3v) is 1.47. The molecule has 1 rings (SSSR count). The van der Waals surface area contributed by atoms with E-state index in [0.29, 0.717) is 6.61 Å². The average Bonchev–Trinajstić information content (AvgIpc) is 2.19. The van der Waals surface area contributed by atoms with Gasteiger partial charge in [-0.15, -0.1) is 0 Å². The molecule has 0 bridgehead atoms. The summed E-state index contributed by atoms with van der Waals surface area (Å²) in [6, 6.07) is 11.0. The second-order valence-corrected chi connectivity index (χ2v) is 2.51. The number of carbonyl (C=O) groups excluding carboxylic acids is 1. The normalized spacial score (nSPS) is 9.15. The Bertz CT molecular complexity index is 313. The lowest BCUT2D eigenvalue weighted by Crippen LogP contribution is -2.05. The third-order valence-electron chi connectivity index (χ3n) is 1.47. The van der Waals surface area contributed by atoms with Crippen LogP contribution in [0.3, 0.4) is 0 Å². The fourth-order valence-electron chi connectivity index (χ4n) is 0.868. The van der Waals surface area contributed by atoms with Crippen LogP contribution in [0.4, 0.5) is 0 Å². The molecule has 0 aliphatic rings. The van der Waals surface area contributed by atoms with Gasteiger partial charge >= 0.3 is 0 Å². The molecule has 0 aromatic heterocycles. The number of ether oxygens (including phenoxy) is 1. The maximum Gasteiger partial charge on any atom is 0.257 e. The van der Waals surface area contributed by atoms with Gasteiger partial charge in [0.05, 0.1) is 6.61 Å². The van der Waals surface area contributed by atoms with E-state index in [0.717, 1.165) is 5.56 Å². The van der Waals surface area contributed by atoms with Gasteiger partial charge in [-0.25, -0.2) is 0 Å². The van der Waals surface area contributed by atoms with Crippen molar-refractivity contribution in [2.45, 2.75) is 6.61 Å². The Morgan fingerprint density at radius 1 is 1.38 bits per heavy atom. The summed E-state index contributed by atoms with van der Waals surface area (Å²) < 4.78 is 5.00. The van der Waals surface area contributed by atoms with Crippen molar-refractivity contribution in [3.8, 4) is 6.07 Å². The highest BCUT2D eigenvalue weighted by molar-refractivity contribution is 5.94. The van der Waals surface area contributed by atoms with Crippen molar-refractivity contribution < 1.29 is 9.53 Å². The van der Waals surface area contributed by atoms with E-state index in [2.05, 4.69) is 0 Å². The summed E-state index contributed by atoms with van der Waals surface area (Å²) in [5.74, 6) is -0.545. The van der Waals surface area contributed by atoms with Crippen LogP contribution in [0.5, 0.6) is 0 Å². The molecular weight excluding hydrogens is 166 g/mol. The number of hydrogen-bond donors (Lipinski definition) is 0. The molecule has 0 heterocycles. The Morgan fingerprint density at radius 2 is 2.08 bits per heavy atom. The van der Waals surface area contributed by atoms with E-state index < -0.39 is 5.78 Å². The maximum atomic E-state index is 10.5. The molecule has 0 aliphatic carbocycles. The van der Waals surface area contributed by atoms with Gasteiger partial charge in [0.1, 0.15) is 12.7 Å². The van der Waals surface area contributed by atoms with Crippen molar-refractivity contribution in [2.75, 3.05) is 6.61 Å². The predicted octanol–water partition coefficient (Wildman–Crippen LogP) is 1.30. The first-order valence-electron chi connectivity index (χ1n) is 3.87. The average molecular weight is 175 g/mol. The Morgan fingerprint density at radius 3 is 2.69 bits per heavy atom. The van der Waals surface area contributed by atoms with Gasteiger partial charge in [-0.3, -0.25) is 4.79 Å². The lowest BCUT2D eigenvalue weighted by Gasteiger charge is -1.99. The third kappa shape index (κ3) is 3.50. The number of nitrogens with zero attached hydrogens (tertiary/aromatic N) is 1. The number of rotatable bonds is 4. The fraction of sp³-hybridized carbons (Fsp3) is 0.200. The number of ketones is 1. The predicted molar refractivity (Wildman–Crippen MR) is 46.7 cm³/mol. The van der Waals surface area contributed by atoms with E-state index >= 15 is 0 Å². The fourth-order valence-corrected chi connectivity index (χ4v) is 0.868. The van der Waals surface area contributed by atoms with Crippen LogP contribution in [0.1, 0.15) is 5.56 Å². The molecule has 0 N–H and O–H groups in total. The number of nitriles is 1. The molecule has 0 unspecified atom stereocenters. The Hall–Kier alpha value is -1.66. The molecule has 0 aliphatic heterocycles. The van der Waals surface area contributed by atoms with E-state index in [9.17, 15) is 4.79 Å². The number of benzene rings is 1. The van der Waals surface area contributed by atoms with Crippen LogP contribution < -0.4 is 0 Å². The summed E-state index contributed by atoms with van der Waals surface area (Å²) in [4.78, 5) is 10.5. The van der Waals surface area contributed by atoms with Gasteiger partial charge in [-0.1, -0.05) is 30.3 Å². The van der Waals surface area contributed by atoms with Gasteiger partial charge in [0, 0.05) is 0 Å². The molecule has 1 aromatic rings. The van der Waals surface area contributed by atoms with Crippen molar-refractivity contribution in [3.05, 3.63) is 35.9 Å². The number of hydrogen-bond acceptors (Lipinski definition) is 3. The lowest BCUT2D eigenvalue weighted by molar-refractivity contribution is -0.118. The van der Waals surface area contributed by atoms with E-state index in [-0.39, 0.29) is 6.61 Å². The smallest absolute Gasteiger partial charge is 0.257 e. The van der Waals surface area contributed by atoms with Crippen molar-refractivity contribution in [3.63, 3.8) is 0 Å². The van der Waals surface area contributed by atoms with Gasteiger partial charge in [0.25, 0.3) is 5.78 Å². The summed E-state index contributed by atoms with van der Waals surface area (Å²) in [6.07, 6.45) is 0. The quantitative estimate of drug-likeness (QED) is 0.648. The highest BCUT2D eigenvalue weighted by Crippen LogP contribution is 1.99. The van der Waals surface area contributed by atoms with Crippen LogP contribution in [-0.2, 0) is 16.1 Å². The van der Waals surface area contributed by atoms with Crippen LogP contribution in [0.2, 0.25) is 0 Å². The molecule has 0 spiro atoms. The van der Waals surface area contributed by atoms with Gasteiger partial charge < -0.3 is 4.74 Å². The van der Waals surface area contributed by atoms with Gasteiger partial charge in [-0.2, -0.15) is 5.26 Å². The molecule has 1 aromatic carbocycles. The second kappa shape index (κ2) is 5.07. The molecule has 0 atom stereocenters. The van der Waals surface area contributed by atoms with Crippen LogP contribution in [-0.4, -0.2) is 12.4 Å². The highest BCUT2D eigenvalue weighted by Gasteiger charge is 1.98. The van der Waals surface area contributed by atoms with Crippen molar-refractivity contribution in [1.29, 1.82) is 5.26 Å². The summed E-state index contributed by atoms with van der Waals surface area (Å²) >= 11 is 0. The molecule has 66 valence electrons. The van der Waals surface area contributed by atoms with Crippen molar-refractivity contribution in [2.24, 2.45) is 0 Å². The molecule has 13 heavy (non-hydrogen) atoms. The first-order chi connectivity index (χ1) is 6.33. The molecule has 0 saturated carbocycles. The summed E-state index contributed by atoms with van der Waals surface area (Å²) in [5.41, 5.74) is 0.994. The molecular formula is C10H9NO2. The molecule has 3 nitrogen and oxygen atoms in total. The minimum absolute atomic E-state index is 0.134. The molecule has 0 amide bonds. The van der Waals surface area contributed by atoms with Gasteiger partial charge in [0.2, 0.25) is 0 Å². The first-order valence-corrected chi connectivity index (χ1v) is 3.87. The van der Waals surface area contributed by atoms with Gasteiger partial charge in [-0.05, 0) is 5.56 Å². The minimum Gasteiger partial charge on any atom is -0.368 e.